The van der Waals surface area contributed by atoms with E-state index in [4.69, 9.17) is 27.9 Å². The molecule has 0 atom stereocenters. The topological polar surface area (TPSA) is 63.7 Å². The van der Waals surface area contributed by atoms with Gasteiger partial charge in [-0.15, -0.1) is 0 Å². The molecule has 0 heterocycles. The van der Waals surface area contributed by atoms with E-state index in [2.05, 4.69) is 6.92 Å². The fourth-order valence-electron chi connectivity index (χ4n) is 3.50. The van der Waals surface area contributed by atoms with Gasteiger partial charge in [-0.2, -0.15) is 4.31 Å². The fraction of sp³-hybridized carbons (Fsp3) is 0.269. The third kappa shape index (κ3) is 6.12. The third-order valence-corrected chi connectivity index (χ3v) is 7.95. The van der Waals surface area contributed by atoms with Crippen LogP contribution in [0.15, 0.2) is 65.6 Å². The minimum absolute atomic E-state index is 0.0431. The number of carbonyl (C=O) groups excluding carboxylic acids is 1. The first-order valence-corrected chi connectivity index (χ1v) is 13.1. The Morgan fingerprint density at radius 3 is 2.09 bits per heavy atom. The Kier molecular flexibility index (Phi) is 8.63. The minimum Gasteiger partial charge on any atom is -0.484 e. The number of anilines is 1. The summed E-state index contributed by atoms with van der Waals surface area (Å²) in [6.07, 6.45) is 2.96. The highest BCUT2D eigenvalue weighted by Gasteiger charge is 2.31. The van der Waals surface area contributed by atoms with Gasteiger partial charge in [0, 0.05) is 10.0 Å². The molecule has 0 fully saturated rings. The first-order valence-electron chi connectivity index (χ1n) is 11.0. The van der Waals surface area contributed by atoms with Gasteiger partial charge in [0.15, 0.2) is 6.61 Å². The Bertz CT molecular complexity index is 1230. The Morgan fingerprint density at radius 2 is 1.53 bits per heavy atom. The van der Waals surface area contributed by atoms with Crippen molar-refractivity contribution in [2.75, 3.05) is 10.9 Å². The number of hydrogen-bond donors (Lipinski definition) is 0. The van der Waals surface area contributed by atoms with Crippen LogP contribution >= 0.6 is 23.2 Å². The van der Waals surface area contributed by atoms with E-state index in [1.165, 1.54) is 24.3 Å². The molecule has 34 heavy (non-hydrogen) atoms. The van der Waals surface area contributed by atoms with Gasteiger partial charge in [-0.25, -0.2) is 8.42 Å². The lowest BCUT2D eigenvalue weighted by atomic mass is 10.1. The Balaban J connectivity index is 1.94. The van der Waals surface area contributed by atoms with Crippen molar-refractivity contribution in [2.24, 2.45) is 0 Å². The molecule has 0 aromatic heterocycles. The Morgan fingerprint density at radius 1 is 0.941 bits per heavy atom. The molecular weight excluding hydrogens is 493 g/mol. The molecular formula is C26H27Cl2NO4S. The summed E-state index contributed by atoms with van der Waals surface area (Å²) in [6, 6.07) is 16.1. The molecule has 3 aromatic rings. The van der Waals surface area contributed by atoms with Crippen molar-refractivity contribution in [3.63, 3.8) is 0 Å². The van der Waals surface area contributed by atoms with Crippen molar-refractivity contribution in [3.8, 4) is 5.75 Å². The lowest BCUT2D eigenvalue weighted by Crippen LogP contribution is -2.40. The number of halogens is 2. The molecule has 0 aliphatic carbocycles. The van der Waals surface area contributed by atoms with Crippen molar-refractivity contribution in [1.29, 1.82) is 0 Å². The summed E-state index contributed by atoms with van der Waals surface area (Å²) in [5.74, 6) is -0.284. The normalized spacial score (nSPS) is 11.3. The highest BCUT2D eigenvalue weighted by atomic mass is 35.5. The van der Waals surface area contributed by atoms with Gasteiger partial charge in [0.05, 0.1) is 10.6 Å². The van der Waals surface area contributed by atoms with E-state index >= 15 is 0 Å². The predicted octanol–water partition coefficient (Wildman–Crippen LogP) is 6.75. The van der Waals surface area contributed by atoms with Crippen LogP contribution in [0.1, 0.15) is 36.5 Å². The summed E-state index contributed by atoms with van der Waals surface area (Å²) in [7, 11) is -4.20. The zero-order chi connectivity index (χ0) is 24.9. The van der Waals surface area contributed by atoms with E-state index in [1.807, 2.05) is 26.0 Å². The van der Waals surface area contributed by atoms with Gasteiger partial charge in [0.25, 0.3) is 15.9 Å². The molecule has 3 rings (SSSR count). The van der Waals surface area contributed by atoms with Gasteiger partial charge in [-0.05, 0) is 91.9 Å². The second-order valence-electron chi connectivity index (χ2n) is 8.05. The molecule has 0 N–H and O–H groups in total. The van der Waals surface area contributed by atoms with Gasteiger partial charge in [0.2, 0.25) is 0 Å². The summed E-state index contributed by atoms with van der Waals surface area (Å²) < 4.78 is 33.5. The Labute approximate surface area is 211 Å². The van der Waals surface area contributed by atoms with Crippen LogP contribution in [-0.2, 0) is 21.2 Å². The van der Waals surface area contributed by atoms with Crippen LogP contribution in [0.25, 0.3) is 0 Å². The van der Waals surface area contributed by atoms with E-state index in [0.29, 0.717) is 15.8 Å². The van der Waals surface area contributed by atoms with Crippen molar-refractivity contribution < 1.29 is 17.9 Å². The van der Waals surface area contributed by atoms with Gasteiger partial charge < -0.3 is 4.74 Å². The quantitative estimate of drug-likeness (QED) is 0.313. The van der Waals surface area contributed by atoms with E-state index in [0.717, 1.165) is 40.3 Å². The number of unbranched alkanes of at least 4 members (excludes halogenated alkanes) is 1. The summed E-state index contributed by atoms with van der Waals surface area (Å²) in [4.78, 5) is 13.2. The molecule has 0 saturated heterocycles. The van der Waals surface area contributed by atoms with E-state index < -0.39 is 22.5 Å². The predicted molar refractivity (Wildman–Crippen MR) is 138 cm³/mol. The molecule has 0 saturated carbocycles. The maximum absolute atomic E-state index is 13.5. The first-order chi connectivity index (χ1) is 16.1. The number of hydrogen-bond acceptors (Lipinski definition) is 4. The second-order valence-corrected chi connectivity index (χ2v) is 10.6. The molecule has 5 nitrogen and oxygen atoms in total. The highest BCUT2D eigenvalue weighted by molar-refractivity contribution is 7.93. The number of benzene rings is 3. The van der Waals surface area contributed by atoms with Crippen LogP contribution in [0.4, 0.5) is 5.69 Å². The standard InChI is InChI=1S/C26H27Cl2NO4S/c1-4-5-6-20-7-11-22(12-8-20)29(34(31,32)24-13-9-21(27)10-14-24)25(30)17-33-23-15-18(2)26(28)19(3)16-23/h7-16H,4-6,17H2,1-3H3. The molecule has 1 amide bonds. The summed E-state index contributed by atoms with van der Waals surface area (Å²) >= 11 is 12.1. The summed E-state index contributed by atoms with van der Waals surface area (Å²) in [5.41, 5.74) is 2.92. The zero-order valence-electron chi connectivity index (χ0n) is 19.3. The maximum atomic E-state index is 13.5. The molecule has 0 radical (unpaired) electrons. The third-order valence-electron chi connectivity index (χ3n) is 5.34. The first kappa shape index (κ1) is 26.1. The number of ether oxygens (including phenoxy) is 1. The van der Waals surface area contributed by atoms with Crippen molar-refractivity contribution in [1.82, 2.24) is 0 Å². The van der Waals surface area contributed by atoms with Crippen LogP contribution in [-0.4, -0.2) is 20.9 Å². The van der Waals surface area contributed by atoms with Gasteiger partial charge in [0.1, 0.15) is 5.75 Å². The smallest absolute Gasteiger partial charge is 0.278 e. The number of amides is 1. The maximum Gasteiger partial charge on any atom is 0.278 e. The fourth-order valence-corrected chi connectivity index (χ4v) is 5.15. The minimum atomic E-state index is -4.20. The van der Waals surface area contributed by atoms with Crippen LogP contribution in [0.5, 0.6) is 5.75 Å². The molecule has 0 spiro atoms. The summed E-state index contributed by atoms with van der Waals surface area (Å²) in [6.45, 7) is 5.31. The van der Waals surface area contributed by atoms with Crippen LogP contribution in [0, 0.1) is 13.8 Å². The molecule has 0 bridgehead atoms. The van der Waals surface area contributed by atoms with Gasteiger partial charge in [-0.1, -0.05) is 48.7 Å². The number of aryl methyl sites for hydroxylation is 3. The highest BCUT2D eigenvalue weighted by Crippen LogP contribution is 2.28. The largest absolute Gasteiger partial charge is 0.484 e. The average molecular weight is 520 g/mol. The zero-order valence-corrected chi connectivity index (χ0v) is 21.7. The van der Waals surface area contributed by atoms with Crippen molar-refractivity contribution in [3.05, 3.63) is 87.4 Å². The number of rotatable bonds is 9. The second kappa shape index (κ2) is 11.3. The van der Waals surface area contributed by atoms with Crippen molar-refractivity contribution >= 4 is 44.8 Å². The number of carbonyl (C=O) groups is 1. The SMILES string of the molecule is CCCCc1ccc(N(C(=O)COc2cc(C)c(Cl)c(C)c2)S(=O)(=O)c2ccc(Cl)cc2)cc1. The lowest BCUT2D eigenvalue weighted by molar-refractivity contribution is -0.119. The monoisotopic (exact) mass is 519 g/mol. The van der Waals surface area contributed by atoms with Gasteiger partial charge >= 0.3 is 0 Å². The van der Waals surface area contributed by atoms with Crippen molar-refractivity contribution in [2.45, 2.75) is 44.9 Å². The van der Waals surface area contributed by atoms with E-state index in [1.54, 1.807) is 24.3 Å². The average Bonchev–Trinajstić information content (AvgIpc) is 2.81. The molecule has 0 aliphatic heterocycles. The Hall–Kier alpha value is -2.54. The number of sulfonamides is 1. The molecule has 0 unspecified atom stereocenters. The lowest BCUT2D eigenvalue weighted by Gasteiger charge is -2.23. The van der Waals surface area contributed by atoms with E-state index in [9.17, 15) is 13.2 Å². The number of nitrogens with zero attached hydrogens (tertiary/aromatic N) is 1. The molecule has 3 aromatic carbocycles. The van der Waals surface area contributed by atoms with E-state index in [-0.39, 0.29) is 10.6 Å². The van der Waals surface area contributed by atoms with Crippen LogP contribution in [0.3, 0.4) is 0 Å². The molecule has 0 aliphatic rings. The molecule has 180 valence electrons. The van der Waals surface area contributed by atoms with Crippen LogP contribution < -0.4 is 9.04 Å². The van der Waals surface area contributed by atoms with Gasteiger partial charge in [-0.3, -0.25) is 4.79 Å². The van der Waals surface area contributed by atoms with Crippen LogP contribution in [0.2, 0.25) is 10.0 Å². The molecule has 8 heteroatoms. The summed E-state index contributed by atoms with van der Waals surface area (Å²) in [5, 5.41) is 1.02.